The van der Waals surface area contributed by atoms with E-state index in [1.165, 1.54) is 22.3 Å². The minimum atomic E-state index is 0.951. The van der Waals surface area contributed by atoms with Crippen LogP contribution in [-0.4, -0.2) is 9.38 Å². The third kappa shape index (κ3) is 3.81. The first kappa shape index (κ1) is 18.1. The van der Waals surface area contributed by atoms with E-state index in [9.17, 15) is 0 Å². The fourth-order valence-corrected chi connectivity index (χ4v) is 3.57. The second-order valence-electron chi connectivity index (χ2n) is 7.54. The van der Waals surface area contributed by atoms with E-state index in [1.54, 1.807) is 0 Å². The maximum Gasteiger partial charge on any atom is 0.138 e. The van der Waals surface area contributed by atoms with Crippen molar-refractivity contribution in [2.75, 3.05) is 0 Å². The van der Waals surface area contributed by atoms with E-state index in [4.69, 9.17) is 4.98 Å². The molecule has 0 radical (unpaired) electrons. The van der Waals surface area contributed by atoms with Gasteiger partial charge in [-0.25, -0.2) is 4.98 Å². The van der Waals surface area contributed by atoms with Gasteiger partial charge in [-0.05, 0) is 41.3 Å². The molecule has 3 aromatic carbocycles. The summed E-state index contributed by atoms with van der Waals surface area (Å²) in [7, 11) is 0. The van der Waals surface area contributed by atoms with Crippen molar-refractivity contribution >= 4 is 17.8 Å². The first-order valence-electron chi connectivity index (χ1n) is 10.1. The molecule has 5 aromatic rings. The van der Waals surface area contributed by atoms with Gasteiger partial charge < -0.3 is 4.40 Å². The highest BCUT2D eigenvalue weighted by Gasteiger charge is 2.04. The van der Waals surface area contributed by atoms with Gasteiger partial charge in [-0.3, -0.25) is 0 Å². The zero-order chi connectivity index (χ0) is 20.3. The fraction of sp³-hybridized carbons (Fsp3) is 0.0357. The molecule has 0 fully saturated rings. The van der Waals surface area contributed by atoms with Crippen LogP contribution in [0.5, 0.6) is 0 Å². The summed E-state index contributed by atoms with van der Waals surface area (Å²) in [5.41, 5.74) is 9.12. The summed E-state index contributed by atoms with van der Waals surface area (Å²) < 4.78 is 2.07. The predicted molar refractivity (Wildman–Crippen MR) is 126 cm³/mol. The zero-order valence-electron chi connectivity index (χ0n) is 16.9. The van der Waals surface area contributed by atoms with E-state index in [-0.39, 0.29) is 0 Å². The van der Waals surface area contributed by atoms with E-state index in [1.807, 2.05) is 6.07 Å². The lowest BCUT2D eigenvalue weighted by molar-refractivity contribution is 1.18. The van der Waals surface area contributed by atoms with Crippen molar-refractivity contribution in [3.05, 3.63) is 120 Å². The molecule has 0 aliphatic rings. The van der Waals surface area contributed by atoms with Gasteiger partial charge in [-0.15, -0.1) is 0 Å². The Morgan fingerprint density at radius 2 is 1.33 bits per heavy atom. The molecule has 0 N–H and O–H groups in total. The van der Waals surface area contributed by atoms with E-state index in [0.717, 1.165) is 22.5 Å². The van der Waals surface area contributed by atoms with E-state index < -0.39 is 0 Å². The van der Waals surface area contributed by atoms with Crippen molar-refractivity contribution in [2.45, 2.75) is 6.92 Å². The molecule has 0 spiro atoms. The molecule has 0 aliphatic carbocycles. The van der Waals surface area contributed by atoms with Gasteiger partial charge in [0, 0.05) is 18.0 Å². The van der Waals surface area contributed by atoms with Crippen LogP contribution in [-0.2, 0) is 0 Å². The number of aryl methyl sites for hydroxylation is 1. The maximum atomic E-state index is 4.80. The Labute approximate surface area is 176 Å². The quantitative estimate of drug-likeness (QED) is 0.321. The summed E-state index contributed by atoms with van der Waals surface area (Å²) in [5, 5.41) is 0. The molecule has 144 valence electrons. The molecule has 2 heteroatoms. The van der Waals surface area contributed by atoms with Crippen molar-refractivity contribution in [3.63, 3.8) is 0 Å². The Hall–Kier alpha value is -3.91. The summed E-state index contributed by atoms with van der Waals surface area (Å²) in [5.74, 6) is 0. The highest BCUT2D eigenvalue weighted by atomic mass is 15.0. The van der Waals surface area contributed by atoms with Gasteiger partial charge in [0.25, 0.3) is 0 Å². The van der Waals surface area contributed by atoms with Crippen LogP contribution in [0.1, 0.15) is 16.7 Å². The van der Waals surface area contributed by atoms with Crippen molar-refractivity contribution in [3.8, 4) is 22.4 Å². The second kappa shape index (κ2) is 7.84. The number of imidazole rings is 1. The number of hydrogen-bond donors (Lipinski definition) is 0. The number of aromatic nitrogens is 2. The molecule has 0 saturated heterocycles. The fourth-order valence-electron chi connectivity index (χ4n) is 3.57. The third-order valence-corrected chi connectivity index (χ3v) is 5.32. The molecular weight excluding hydrogens is 364 g/mol. The Bertz CT molecular complexity index is 1310. The summed E-state index contributed by atoms with van der Waals surface area (Å²) in [4.78, 5) is 4.80. The standard InChI is InChI=1S/C28H22N2/c1-21-7-13-26(14-8-21)27-20-30-18-17-23(19-28(30)29-27)10-9-22-11-15-25(16-12-22)24-5-3-2-4-6-24/h2-20H,1H3. The molecule has 30 heavy (non-hydrogen) atoms. The number of hydrogen-bond acceptors (Lipinski definition) is 1. The average molecular weight is 386 g/mol. The van der Waals surface area contributed by atoms with E-state index in [2.05, 4.69) is 121 Å². The summed E-state index contributed by atoms with van der Waals surface area (Å²) in [6.07, 6.45) is 8.43. The molecule has 0 saturated carbocycles. The smallest absolute Gasteiger partial charge is 0.138 e. The number of benzene rings is 3. The average Bonchev–Trinajstić information content (AvgIpc) is 3.22. The number of nitrogens with zero attached hydrogens (tertiary/aromatic N) is 2. The molecule has 0 bridgehead atoms. The lowest BCUT2D eigenvalue weighted by Crippen LogP contribution is -1.83. The van der Waals surface area contributed by atoms with Crippen LogP contribution in [0.3, 0.4) is 0 Å². The van der Waals surface area contributed by atoms with Crippen LogP contribution in [0.25, 0.3) is 40.2 Å². The SMILES string of the molecule is Cc1ccc(-c2cn3ccc(C=Cc4ccc(-c5ccccc5)cc4)cc3n2)cc1. The van der Waals surface area contributed by atoms with Gasteiger partial charge in [0.2, 0.25) is 0 Å². The lowest BCUT2D eigenvalue weighted by atomic mass is 10.0. The molecule has 0 amide bonds. The van der Waals surface area contributed by atoms with Gasteiger partial charge in [0.1, 0.15) is 5.65 Å². The van der Waals surface area contributed by atoms with Gasteiger partial charge in [0.05, 0.1) is 5.69 Å². The highest BCUT2D eigenvalue weighted by molar-refractivity contribution is 5.73. The van der Waals surface area contributed by atoms with Crippen LogP contribution in [0.4, 0.5) is 0 Å². The monoisotopic (exact) mass is 386 g/mol. The Kier molecular flexibility index (Phi) is 4.74. The Morgan fingerprint density at radius 3 is 2.10 bits per heavy atom. The summed E-state index contributed by atoms with van der Waals surface area (Å²) in [6, 6.07) is 31.8. The molecule has 2 nitrogen and oxygen atoms in total. The Balaban J connectivity index is 1.37. The van der Waals surface area contributed by atoms with Crippen molar-refractivity contribution in [2.24, 2.45) is 0 Å². The highest BCUT2D eigenvalue weighted by Crippen LogP contribution is 2.22. The van der Waals surface area contributed by atoms with Gasteiger partial charge in [-0.1, -0.05) is 96.6 Å². The molecule has 0 aliphatic heterocycles. The molecule has 2 heterocycles. The topological polar surface area (TPSA) is 17.3 Å². The first-order valence-corrected chi connectivity index (χ1v) is 10.1. The Morgan fingerprint density at radius 1 is 0.667 bits per heavy atom. The maximum absolute atomic E-state index is 4.80. The number of fused-ring (bicyclic) bond motifs is 1. The molecule has 5 rings (SSSR count). The van der Waals surface area contributed by atoms with Crippen LogP contribution in [0.15, 0.2) is 103 Å². The summed E-state index contributed by atoms with van der Waals surface area (Å²) >= 11 is 0. The normalized spacial score (nSPS) is 11.4. The van der Waals surface area contributed by atoms with Crippen LogP contribution in [0.2, 0.25) is 0 Å². The number of rotatable bonds is 4. The summed E-state index contributed by atoms with van der Waals surface area (Å²) in [6.45, 7) is 2.10. The van der Waals surface area contributed by atoms with Crippen molar-refractivity contribution in [1.82, 2.24) is 9.38 Å². The van der Waals surface area contributed by atoms with Crippen LogP contribution in [0, 0.1) is 6.92 Å². The molecule has 0 atom stereocenters. The number of pyridine rings is 1. The largest absolute Gasteiger partial charge is 0.306 e. The molecule has 0 unspecified atom stereocenters. The molecular formula is C28H22N2. The first-order chi connectivity index (χ1) is 14.7. The van der Waals surface area contributed by atoms with Crippen LogP contribution < -0.4 is 0 Å². The van der Waals surface area contributed by atoms with Crippen molar-refractivity contribution < 1.29 is 0 Å². The minimum Gasteiger partial charge on any atom is -0.306 e. The van der Waals surface area contributed by atoms with E-state index >= 15 is 0 Å². The zero-order valence-corrected chi connectivity index (χ0v) is 16.9. The molecule has 2 aromatic heterocycles. The van der Waals surface area contributed by atoms with E-state index in [0.29, 0.717) is 0 Å². The minimum absolute atomic E-state index is 0.951. The van der Waals surface area contributed by atoms with Crippen molar-refractivity contribution in [1.29, 1.82) is 0 Å². The van der Waals surface area contributed by atoms with Gasteiger partial charge in [0.15, 0.2) is 0 Å². The van der Waals surface area contributed by atoms with Gasteiger partial charge in [-0.2, -0.15) is 0 Å². The third-order valence-electron chi connectivity index (χ3n) is 5.32. The lowest BCUT2D eigenvalue weighted by Gasteiger charge is -2.02. The van der Waals surface area contributed by atoms with Gasteiger partial charge >= 0.3 is 0 Å². The second-order valence-corrected chi connectivity index (χ2v) is 7.54. The predicted octanol–water partition coefficient (Wildman–Crippen LogP) is 7.15. The van der Waals surface area contributed by atoms with Crippen LogP contribution >= 0.6 is 0 Å².